The standard InChI is InChI=1S/C14H18N2O3S.ClH/c1-4-18-10-6-7-12-11(8-10)15-14(16(12)3)20-9-13(17)19-5-2;/h6-8H,4-5,9H2,1-3H3;1H. The molecule has 1 heterocycles. The molecule has 0 saturated heterocycles. The molecule has 5 nitrogen and oxygen atoms in total. The monoisotopic (exact) mass is 330 g/mol. The molecule has 7 heteroatoms. The highest BCUT2D eigenvalue weighted by Crippen LogP contribution is 2.26. The number of nitrogens with zero attached hydrogens (tertiary/aromatic N) is 2. The van der Waals surface area contributed by atoms with E-state index in [1.54, 1.807) is 6.92 Å². The number of esters is 1. The van der Waals surface area contributed by atoms with Crippen LogP contribution in [0.15, 0.2) is 23.4 Å². The van der Waals surface area contributed by atoms with Gasteiger partial charge < -0.3 is 14.0 Å². The summed E-state index contributed by atoms with van der Waals surface area (Å²) in [5.74, 6) is 0.850. The molecule has 0 unspecified atom stereocenters. The van der Waals surface area contributed by atoms with Gasteiger partial charge in [-0.1, -0.05) is 11.8 Å². The van der Waals surface area contributed by atoms with Crippen LogP contribution in [0.5, 0.6) is 5.75 Å². The second-order valence-corrected chi connectivity index (χ2v) is 5.07. The molecule has 0 amide bonds. The first-order chi connectivity index (χ1) is 9.65. The molecule has 0 radical (unpaired) electrons. The molecule has 2 rings (SSSR count). The lowest BCUT2D eigenvalue weighted by molar-refractivity contribution is -0.139. The average Bonchev–Trinajstić information content (AvgIpc) is 2.74. The summed E-state index contributed by atoms with van der Waals surface area (Å²) in [6.45, 7) is 4.78. The van der Waals surface area contributed by atoms with E-state index in [0.29, 0.717) is 13.2 Å². The Morgan fingerprint density at radius 2 is 2.10 bits per heavy atom. The Balaban J connectivity index is 0.00000220. The minimum atomic E-state index is -0.223. The number of benzene rings is 1. The van der Waals surface area contributed by atoms with Gasteiger partial charge >= 0.3 is 5.97 Å². The highest BCUT2D eigenvalue weighted by Gasteiger charge is 2.11. The first-order valence-electron chi connectivity index (χ1n) is 6.53. The fourth-order valence-corrected chi connectivity index (χ4v) is 2.65. The molecular formula is C14H19ClN2O3S. The van der Waals surface area contributed by atoms with Crippen molar-refractivity contribution in [3.05, 3.63) is 18.2 Å². The maximum Gasteiger partial charge on any atom is 0.316 e. The predicted molar refractivity (Wildman–Crippen MR) is 86.5 cm³/mol. The zero-order chi connectivity index (χ0) is 14.5. The van der Waals surface area contributed by atoms with Crippen molar-refractivity contribution in [2.24, 2.45) is 7.05 Å². The molecular weight excluding hydrogens is 312 g/mol. The molecule has 0 bridgehead atoms. The Bertz CT molecular complexity index is 616. The van der Waals surface area contributed by atoms with E-state index in [-0.39, 0.29) is 24.1 Å². The zero-order valence-electron chi connectivity index (χ0n) is 12.3. The highest BCUT2D eigenvalue weighted by molar-refractivity contribution is 7.99. The van der Waals surface area contributed by atoms with Crippen molar-refractivity contribution >= 4 is 41.2 Å². The molecule has 1 aromatic heterocycles. The molecule has 0 N–H and O–H groups in total. The fraction of sp³-hybridized carbons (Fsp3) is 0.429. The van der Waals surface area contributed by atoms with Gasteiger partial charge in [-0.2, -0.15) is 0 Å². The van der Waals surface area contributed by atoms with Crippen molar-refractivity contribution in [2.45, 2.75) is 19.0 Å². The number of aryl methyl sites for hydroxylation is 1. The van der Waals surface area contributed by atoms with E-state index in [1.807, 2.05) is 36.7 Å². The summed E-state index contributed by atoms with van der Waals surface area (Å²) in [6.07, 6.45) is 0. The first kappa shape index (κ1) is 17.7. The number of hydrogen-bond donors (Lipinski definition) is 0. The number of imidazole rings is 1. The number of ether oxygens (including phenoxy) is 2. The van der Waals surface area contributed by atoms with Crippen LogP contribution in [0.25, 0.3) is 11.0 Å². The maximum absolute atomic E-state index is 11.4. The van der Waals surface area contributed by atoms with Crippen molar-refractivity contribution in [3.63, 3.8) is 0 Å². The Morgan fingerprint density at radius 3 is 2.76 bits per heavy atom. The second kappa shape index (κ2) is 8.14. The summed E-state index contributed by atoms with van der Waals surface area (Å²) in [7, 11) is 1.93. The van der Waals surface area contributed by atoms with Gasteiger partial charge in [0.15, 0.2) is 5.16 Å². The van der Waals surface area contributed by atoms with Gasteiger partial charge in [0.25, 0.3) is 0 Å². The van der Waals surface area contributed by atoms with Crippen molar-refractivity contribution in [1.29, 1.82) is 0 Å². The molecule has 0 aliphatic heterocycles. The third-order valence-electron chi connectivity index (χ3n) is 2.75. The van der Waals surface area contributed by atoms with E-state index >= 15 is 0 Å². The molecule has 0 aliphatic rings. The Labute approximate surface area is 134 Å². The Hall–Kier alpha value is -1.40. The van der Waals surface area contributed by atoms with Crippen molar-refractivity contribution < 1.29 is 14.3 Å². The van der Waals surface area contributed by atoms with Crippen LogP contribution < -0.4 is 4.74 Å². The zero-order valence-corrected chi connectivity index (χ0v) is 13.9. The van der Waals surface area contributed by atoms with Crippen LogP contribution in [-0.4, -0.2) is 34.5 Å². The third kappa shape index (κ3) is 4.28. The maximum atomic E-state index is 11.4. The molecule has 21 heavy (non-hydrogen) atoms. The number of fused-ring (bicyclic) bond motifs is 1. The van der Waals surface area contributed by atoms with Crippen molar-refractivity contribution in [1.82, 2.24) is 9.55 Å². The van der Waals surface area contributed by atoms with E-state index in [1.165, 1.54) is 11.8 Å². The second-order valence-electron chi connectivity index (χ2n) is 4.13. The number of carbonyl (C=O) groups is 1. The number of hydrogen-bond acceptors (Lipinski definition) is 5. The number of rotatable bonds is 6. The lowest BCUT2D eigenvalue weighted by atomic mass is 10.3. The normalized spacial score (nSPS) is 10.2. The lowest BCUT2D eigenvalue weighted by Crippen LogP contribution is -2.07. The summed E-state index contributed by atoms with van der Waals surface area (Å²) in [6, 6.07) is 5.81. The summed E-state index contributed by atoms with van der Waals surface area (Å²) in [5, 5.41) is 0.793. The van der Waals surface area contributed by atoms with Crippen LogP contribution in [0.4, 0.5) is 0 Å². The van der Waals surface area contributed by atoms with Gasteiger partial charge in [-0.15, -0.1) is 12.4 Å². The van der Waals surface area contributed by atoms with Crippen LogP contribution in [-0.2, 0) is 16.6 Å². The van der Waals surface area contributed by atoms with Gasteiger partial charge in [0.2, 0.25) is 0 Å². The first-order valence-corrected chi connectivity index (χ1v) is 7.52. The molecule has 0 saturated carbocycles. The lowest BCUT2D eigenvalue weighted by Gasteiger charge is -2.03. The summed E-state index contributed by atoms with van der Waals surface area (Å²) in [4.78, 5) is 15.9. The van der Waals surface area contributed by atoms with Crippen LogP contribution in [0, 0.1) is 0 Å². The van der Waals surface area contributed by atoms with Crippen molar-refractivity contribution in [3.8, 4) is 5.75 Å². The molecule has 2 aromatic rings. The average molecular weight is 331 g/mol. The number of carbonyl (C=O) groups excluding carboxylic acids is 1. The summed E-state index contributed by atoms with van der Waals surface area (Å²) >= 11 is 1.38. The van der Waals surface area contributed by atoms with E-state index in [9.17, 15) is 4.79 Å². The van der Waals surface area contributed by atoms with Gasteiger partial charge in [0, 0.05) is 13.1 Å². The van der Waals surface area contributed by atoms with Crippen LogP contribution >= 0.6 is 24.2 Å². The molecule has 0 spiro atoms. The Morgan fingerprint density at radius 1 is 1.33 bits per heavy atom. The molecule has 0 fully saturated rings. The van der Waals surface area contributed by atoms with Crippen LogP contribution in [0.2, 0.25) is 0 Å². The number of thioether (sulfide) groups is 1. The van der Waals surface area contributed by atoms with Crippen LogP contribution in [0.3, 0.4) is 0 Å². The molecule has 0 atom stereocenters. The smallest absolute Gasteiger partial charge is 0.316 e. The Kier molecular flexibility index (Phi) is 6.84. The fourth-order valence-electron chi connectivity index (χ4n) is 1.87. The molecule has 1 aromatic carbocycles. The molecule has 116 valence electrons. The number of halogens is 1. The minimum absolute atomic E-state index is 0. The van der Waals surface area contributed by atoms with Gasteiger partial charge in [0.1, 0.15) is 5.75 Å². The van der Waals surface area contributed by atoms with Crippen molar-refractivity contribution in [2.75, 3.05) is 19.0 Å². The largest absolute Gasteiger partial charge is 0.494 e. The SMILES string of the molecule is CCOC(=O)CSc1nc2cc(OCC)ccc2n1C.Cl. The van der Waals surface area contributed by atoms with E-state index < -0.39 is 0 Å². The quantitative estimate of drug-likeness (QED) is 0.602. The minimum Gasteiger partial charge on any atom is -0.494 e. The predicted octanol–water partition coefficient (Wildman–Crippen LogP) is 3.05. The van der Waals surface area contributed by atoms with E-state index in [4.69, 9.17) is 9.47 Å². The van der Waals surface area contributed by atoms with Gasteiger partial charge in [-0.3, -0.25) is 4.79 Å². The number of aromatic nitrogens is 2. The topological polar surface area (TPSA) is 53.4 Å². The third-order valence-corrected chi connectivity index (χ3v) is 3.75. The van der Waals surface area contributed by atoms with Gasteiger partial charge in [-0.05, 0) is 26.0 Å². The summed E-state index contributed by atoms with van der Waals surface area (Å²) in [5.41, 5.74) is 1.88. The van der Waals surface area contributed by atoms with E-state index in [0.717, 1.165) is 21.9 Å². The summed E-state index contributed by atoms with van der Waals surface area (Å²) < 4.78 is 12.3. The highest BCUT2D eigenvalue weighted by atomic mass is 35.5. The van der Waals surface area contributed by atoms with Gasteiger partial charge in [0.05, 0.1) is 30.0 Å². The van der Waals surface area contributed by atoms with Gasteiger partial charge in [-0.25, -0.2) is 4.98 Å². The van der Waals surface area contributed by atoms with E-state index in [2.05, 4.69) is 4.98 Å². The molecule has 0 aliphatic carbocycles. The van der Waals surface area contributed by atoms with Crippen LogP contribution in [0.1, 0.15) is 13.8 Å².